The zero-order valence-electron chi connectivity index (χ0n) is 9.71. The first-order valence-electron chi connectivity index (χ1n) is 5.75. The second-order valence-corrected chi connectivity index (χ2v) is 4.72. The van der Waals surface area contributed by atoms with Crippen molar-refractivity contribution < 1.29 is 4.79 Å². The number of fused-ring (bicyclic) bond motifs is 3. The molecule has 0 radical (unpaired) electrons. The van der Waals surface area contributed by atoms with Crippen LogP contribution in [0.2, 0.25) is 0 Å². The number of carbonyl (C=O) groups excluding carboxylic acids is 1. The largest absolute Gasteiger partial charge is 0.347 e. The summed E-state index contributed by atoms with van der Waals surface area (Å²) in [5.41, 5.74) is 5.13. The Balaban J connectivity index is 2.37. The average molecular weight is 213 g/mol. The Hall–Kier alpha value is -1.57. The number of ketones is 1. The molecule has 0 amide bonds. The van der Waals surface area contributed by atoms with E-state index in [-0.39, 0.29) is 0 Å². The standard InChI is InChI=1S/C14H15NO/c1-9-3-5-13-11(7-9)12-8-10(16)4-6-14(12)15(13)2/h3,5,7H,4,6,8H2,1-2H3. The minimum absolute atomic E-state index is 0.376. The van der Waals surface area contributed by atoms with E-state index in [1.165, 1.54) is 27.7 Å². The van der Waals surface area contributed by atoms with Gasteiger partial charge in [0.1, 0.15) is 5.78 Å². The van der Waals surface area contributed by atoms with Crippen molar-refractivity contribution in [2.24, 2.45) is 7.05 Å². The molecule has 2 heteroatoms. The minimum Gasteiger partial charge on any atom is -0.347 e. The highest BCUT2D eigenvalue weighted by Crippen LogP contribution is 2.30. The Morgan fingerprint density at radius 3 is 2.88 bits per heavy atom. The van der Waals surface area contributed by atoms with E-state index in [1.807, 2.05) is 0 Å². The number of hydrogen-bond acceptors (Lipinski definition) is 1. The summed E-state index contributed by atoms with van der Waals surface area (Å²) in [6, 6.07) is 6.50. The van der Waals surface area contributed by atoms with Crippen molar-refractivity contribution in [2.45, 2.75) is 26.2 Å². The van der Waals surface area contributed by atoms with E-state index in [9.17, 15) is 4.79 Å². The van der Waals surface area contributed by atoms with Gasteiger partial charge in [-0.25, -0.2) is 0 Å². The third-order valence-corrected chi connectivity index (χ3v) is 3.61. The number of rotatable bonds is 0. The third kappa shape index (κ3) is 1.22. The summed E-state index contributed by atoms with van der Waals surface area (Å²) in [4.78, 5) is 11.6. The molecule has 0 spiro atoms. The van der Waals surface area contributed by atoms with Gasteiger partial charge < -0.3 is 4.57 Å². The van der Waals surface area contributed by atoms with Crippen LogP contribution in [0.15, 0.2) is 18.2 Å². The molecule has 0 aliphatic heterocycles. The Bertz CT molecular complexity index is 592. The van der Waals surface area contributed by atoms with Crippen LogP contribution in [0, 0.1) is 6.92 Å². The van der Waals surface area contributed by atoms with Gasteiger partial charge in [0.05, 0.1) is 0 Å². The van der Waals surface area contributed by atoms with E-state index in [0.717, 1.165) is 6.42 Å². The lowest BCUT2D eigenvalue weighted by Gasteiger charge is -2.12. The molecule has 16 heavy (non-hydrogen) atoms. The van der Waals surface area contributed by atoms with Crippen LogP contribution in [0.5, 0.6) is 0 Å². The molecule has 1 aromatic carbocycles. The molecule has 1 aromatic heterocycles. The van der Waals surface area contributed by atoms with Crippen molar-refractivity contribution in [1.82, 2.24) is 4.57 Å². The summed E-state index contributed by atoms with van der Waals surface area (Å²) in [6.07, 6.45) is 2.23. The third-order valence-electron chi connectivity index (χ3n) is 3.61. The van der Waals surface area contributed by atoms with Crippen molar-refractivity contribution in [1.29, 1.82) is 0 Å². The molecule has 0 saturated carbocycles. The van der Waals surface area contributed by atoms with E-state index in [0.29, 0.717) is 18.6 Å². The number of aryl methyl sites for hydroxylation is 2. The van der Waals surface area contributed by atoms with Gasteiger partial charge in [0.25, 0.3) is 0 Å². The predicted molar refractivity (Wildman–Crippen MR) is 64.7 cm³/mol. The second-order valence-electron chi connectivity index (χ2n) is 4.72. The van der Waals surface area contributed by atoms with Crippen LogP contribution >= 0.6 is 0 Å². The number of benzene rings is 1. The van der Waals surface area contributed by atoms with Crippen LogP contribution in [0.4, 0.5) is 0 Å². The molecule has 1 aliphatic carbocycles. The number of nitrogens with zero attached hydrogens (tertiary/aromatic N) is 1. The molecule has 0 bridgehead atoms. The Morgan fingerprint density at radius 2 is 2.06 bits per heavy atom. The molecular weight excluding hydrogens is 198 g/mol. The first-order chi connectivity index (χ1) is 7.66. The van der Waals surface area contributed by atoms with Crippen molar-refractivity contribution in [3.63, 3.8) is 0 Å². The molecule has 2 aromatic rings. The molecular formula is C14H15NO. The summed E-state index contributed by atoms with van der Waals surface area (Å²) in [6.45, 7) is 2.10. The molecule has 1 heterocycles. The van der Waals surface area contributed by atoms with E-state index in [2.05, 4.69) is 36.7 Å². The minimum atomic E-state index is 0.376. The lowest BCUT2D eigenvalue weighted by Crippen LogP contribution is -2.14. The van der Waals surface area contributed by atoms with Crippen LogP contribution in [-0.4, -0.2) is 10.4 Å². The smallest absolute Gasteiger partial charge is 0.137 e. The molecule has 82 valence electrons. The fourth-order valence-corrected chi connectivity index (χ4v) is 2.75. The van der Waals surface area contributed by atoms with Gasteiger partial charge in [0, 0.05) is 36.5 Å². The van der Waals surface area contributed by atoms with Crippen LogP contribution in [-0.2, 0) is 24.7 Å². The van der Waals surface area contributed by atoms with Gasteiger partial charge in [-0.05, 0) is 31.0 Å². The molecule has 0 atom stereocenters. The fourth-order valence-electron chi connectivity index (χ4n) is 2.75. The summed E-state index contributed by atoms with van der Waals surface area (Å²) in [5.74, 6) is 0.376. The van der Waals surface area contributed by atoms with Gasteiger partial charge >= 0.3 is 0 Å². The summed E-state index contributed by atoms with van der Waals surface area (Å²) >= 11 is 0. The predicted octanol–water partition coefficient (Wildman–Crippen LogP) is 2.54. The van der Waals surface area contributed by atoms with Crippen LogP contribution in [0.25, 0.3) is 10.9 Å². The summed E-state index contributed by atoms with van der Waals surface area (Å²) < 4.78 is 2.25. The van der Waals surface area contributed by atoms with Crippen molar-refractivity contribution >= 4 is 16.7 Å². The van der Waals surface area contributed by atoms with Crippen molar-refractivity contribution in [3.8, 4) is 0 Å². The van der Waals surface area contributed by atoms with Crippen LogP contribution in [0.1, 0.15) is 23.2 Å². The van der Waals surface area contributed by atoms with Crippen LogP contribution in [0.3, 0.4) is 0 Å². The summed E-state index contributed by atoms with van der Waals surface area (Å²) in [5, 5.41) is 1.27. The maximum Gasteiger partial charge on any atom is 0.137 e. The Morgan fingerprint density at radius 1 is 1.25 bits per heavy atom. The van der Waals surface area contributed by atoms with Gasteiger partial charge in [0.15, 0.2) is 0 Å². The molecule has 0 unspecified atom stereocenters. The van der Waals surface area contributed by atoms with Gasteiger partial charge in [-0.15, -0.1) is 0 Å². The maximum atomic E-state index is 11.6. The lowest BCUT2D eigenvalue weighted by molar-refractivity contribution is -0.118. The zero-order valence-corrected chi connectivity index (χ0v) is 9.71. The monoisotopic (exact) mass is 213 g/mol. The Labute approximate surface area is 94.9 Å². The molecule has 0 fully saturated rings. The highest BCUT2D eigenvalue weighted by Gasteiger charge is 2.22. The number of Topliss-reactive ketones (excluding diaryl/α,β-unsaturated/α-hetero) is 1. The van der Waals surface area contributed by atoms with Crippen LogP contribution < -0.4 is 0 Å². The quantitative estimate of drug-likeness (QED) is 0.659. The molecule has 2 nitrogen and oxygen atoms in total. The average Bonchev–Trinajstić information content (AvgIpc) is 2.52. The van der Waals surface area contributed by atoms with Crippen molar-refractivity contribution in [3.05, 3.63) is 35.0 Å². The highest BCUT2D eigenvalue weighted by molar-refractivity contribution is 5.93. The molecule has 0 saturated heterocycles. The van der Waals surface area contributed by atoms with E-state index >= 15 is 0 Å². The topological polar surface area (TPSA) is 22.0 Å². The zero-order chi connectivity index (χ0) is 11.3. The number of aromatic nitrogens is 1. The fraction of sp³-hybridized carbons (Fsp3) is 0.357. The first-order valence-corrected chi connectivity index (χ1v) is 5.75. The number of carbonyl (C=O) groups is 1. The molecule has 0 N–H and O–H groups in total. The lowest BCUT2D eigenvalue weighted by atomic mass is 9.94. The second kappa shape index (κ2) is 3.21. The highest BCUT2D eigenvalue weighted by atomic mass is 16.1. The van der Waals surface area contributed by atoms with Crippen molar-refractivity contribution in [2.75, 3.05) is 0 Å². The molecule has 3 rings (SSSR count). The number of hydrogen-bond donors (Lipinski definition) is 0. The van der Waals surface area contributed by atoms with Gasteiger partial charge in [0.2, 0.25) is 0 Å². The molecule has 1 aliphatic rings. The first kappa shape index (κ1) is 9.64. The maximum absolute atomic E-state index is 11.6. The van der Waals surface area contributed by atoms with E-state index in [4.69, 9.17) is 0 Å². The van der Waals surface area contributed by atoms with Gasteiger partial charge in [-0.2, -0.15) is 0 Å². The van der Waals surface area contributed by atoms with E-state index in [1.54, 1.807) is 0 Å². The van der Waals surface area contributed by atoms with E-state index < -0.39 is 0 Å². The van der Waals surface area contributed by atoms with Gasteiger partial charge in [-0.3, -0.25) is 4.79 Å². The Kier molecular flexibility index (Phi) is 1.93. The SMILES string of the molecule is Cc1ccc2c(c1)c1c(n2C)CCC(=O)C1. The van der Waals surface area contributed by atoms with Gasteiger partial charge in [-0.1, -0.05) is 11.6 Å². The summed E-state index contributed by atoms with van der Waals surface area (Å²) in [7, 11) is 2.10. The normalized spacial score (nSPS) is 15.5.